The van der Waals surface area contributed by atoms with Gasteiger partial charge in [0.1, 0.15) is 0 Å². The Morgan fingerprint density at radius 2 is 1.76 bits per heavy atom. The number of amides is 1. The van der Waals surface area contributed by atoms with E-state index in [9.17, 15) is 4.79 Å². The summed E-state index contributed by atoms with van der Waals surface area (Å²) in [4.78, 5) is 11.1. The summed E-state index contributed by atoms with van der Waals surface area (Å²) >= 11 is 0. The van der Waals surface area contributed by atoms with Crippen molar-refractivity contribution in [1.82, 2.24) is 5.32 Å². The van der Waals surface area contributed by atoms with Crippen LogP contribution in [0.4, 0.5) is 0 Å². The number of hydrogen-bond acceptors (Lipinski definition) is 1. The van der Waals surface area contributed by atoms with E-state index in [2.05, 4.69) is 31.3 Å². The van der Waals surface area contributed by atoms with Crippen LogP contribution < -0.4 is 5.32 Å². The lowest BCUT2D eigenvalue weighted by atomic mass is 9.97. The van der Waals surface area contributed by atoms with Gasteiger partial charge in [0.15, 0.2) is 0 Å². The van der Waals surface area contributed by atoms with Crippen molar-refractivity contribution in [3.63, 3.8) is 0 Å². The van der Waals surface area contributed by atoms with Gasteiger partial charge >= 0.3 is 0 Å². The maximum Gasteiger partial charge on any atom is 0.220 e. The fraction of sp³-hybridized carbons (Fsp3) is 0.667. The lowest BCUT2D eigenvalue weighted by Crippen LogP contribution is -2.33. The second kappa shape index (κ2) is 11.4. The first-order valence-corrected chi connectivity index (χ1v) is 6.78. The molecule has 1 unspecified atom stereocenters. The minimum atomic E-state index is 0.127. The average Bonchev–Trinajstić information content (AvgIpc) is 2.38. The highest BCUT2D eigenvalue weighted by atomic mass is 16.1. The number of nitrogens with one attached hydrogen (secondary N) is 1. The van der Waals surface area contributed by atoms with E-state index in [1.807, 2.05) is 34.6 Å². The Balaban J connectivity index is 0. The summed E-state index contributed by atoms with van der Waals surface area (Å²) in [5, 5.41) is 2.96. The van der Waals surface area contributed by atoms with Crippen molar-refractivity contribution in [3.05, 3.63) is 23.3 Å². The van der Waals surface area contributed by atoms with E-state index in [4.69, 9.17) is 0 Å². The van der Waals surface area contributed by atoms with Crippen molar-refractivity contribution in [2.75, 3.05) is 0 Å². The van der Waals surface area contributed by atoms with Crippen LogP contribution in [0.1, 0.15) is 61.3 Å². The smallest absolute Gasteiger partial charge is 0.220 e. The molecular formula is C15H29NO. The van der Waals surface area contributed by atoms with E-state index < -0.39 is 0 Å². The summed E-state index contributed by atoms with van der Waals surface area (Å²) in [6.45, 7) is 14.1. The van der Waals surface area contributed by atoms with Gasteiger partial charge in [-0.25, -0.2) is 0 Å². The Hall–Kier alpha value is -1.05. The zero-order valence-electron chi connectivity index (χ0n) is 12.6. The molecule has 2 nitrogen and oxygen atoms in total. The van der Waals surface area contributed by atoms with E-state index in [-0.39, 0.29) is 11.9 Å². The molecule has 1 N–H and O–H groups in total. The number of hydrogen-bond donors (Lipinski definition) is 1. The largest absolute Gasteiger partial charge is 0.350 e. The first-order chi connectivity index (χ1) is 8.13. The Morgan fingerprint density at radius 1 is 1.24 bits per heavy atom. The maximum absolute atomic E-state index is 11.1. The highest BCUT2D eigenvalue weighted by molar-refractivity contribution is 5.76. The van der Waals surface area contributed by atoms with Crippen LogP contribution in [0.3, 0.4) is 0 Å². The predicted molar refractivity (Wildman–Crippen MR) is 77.0 cm³/mol. The molecule has 0 radical (unpaired) electrons. The standard InChI is InChI=1S/C11H17NO.2C2H6/c1-4-11(13)12-10-6-5-8(2)9(3)7-10;2*1-2/h5,7,10H,4,6H2,1-3H3,(H,12,13);2*1-2H3. The van der Waals surface area contributed by atoms with Crippen LogP contribution in [0.15, 0.2) is 23.3 Å². The fourth-order valence-corrected chi connectivity index (χ4v) is 1.38. The molecule has 0 aromatic heterocycles. The Morgan fingerprint density at radius 3 is 2.18 bits per heavy atom. The molecule has 17 heavy (non-hydrogen) atoms. The van der Waals surface area contributed by atoms with E-state index in [0.29, 0.717) is 6.42 Å². The van der Waals surface area contributed by atoms with E-state index in [0.717, 1.165) is 6.42 Å². The fourth-order valence-electron chi connectivity index (χ4n) is 1.38. The molecule has 0 spiro atoms. The molecule has 1 atom stereocenters. The monoisotopic (exact) mass is 239 g/mol. The van der Waals surface area contributed by atoms with Gasteiger partial charge in [0.25, 0.3) is 0 Å². The SMILES string of the molecule is CC.CC.CCC(=O)NC1C=C(C)C(C)=CC1. The molecule has 0 bridgehead atoms. The summed E-state index contributed by atoms with van der Waals surface area (Å²) in [6.07, 6.45) is 5.79. The van der Waals surface area contributed by atoms with Gasteiger partial charge < -0.3 is 5.32 Å². The van der Waals surface area contributed by atoms with Crippen molar-refractivity contribution in [3.8, 4) is 0 Å². The minimum Gasteiger partial charge on any atom is -0.350 e. The normalized spacial score (nSPS) is 17.5. The van der Waals surface area contributed by atoms with Crippen LogP contribution in [0.5, 0.6) is 0 Å². The lowest BCUT2D eigenvalue weighted by Gasteiger charge is -2.19. The predicted octanol–water partition coefficient (Wildman–Crippen LogP) is 4.23. The van der Waals surface area contributed by atoms with Crippen LogP contribution >= 0.6 is 0 Å². The molecular weight excluding hydrogens is 210 g/mol. The zero-order valence-corrected chi connectivity index (χ0v) is 12.6. The van der Waals surface area contributed by atoms with E-state index in [1.165, 1.54) is 11.1 Å². The molecule has 0 heterocycles. The highest BCUT2D eigenvalue weighted by Gasteiger charge is 2.11. The maximum atomic E-state index is 11.1. The molecule has 0 aliphatic heterocycles. The van der Waals surface area contributed by atoms with Gasteiger partial charge in [-0.15, -0.1) is 0 Å². The molecule has 0 saturated carbocycles. The molecule has 100 valence electrons. The van der Waals surface area contributed by atoms with Crippen molar-refractivity contribution in [2.24, 2.45) is 0 Å². The number of carbonyl (C=O) groups is 1. The third kappa shape index (κ3) is 7.78. The molecule has 1 rings (SSSR count). The van der Waals surface area contributed by atoms with Gasteiger partial charge in [0, 0.05) is 6.42 Å². The molecule has 1 aliphatic rings. The molecule has 1 aliphatic carbocycles. The molecule has 0 fully saturated rings. The summed E-state index contributed by atoms with van der Waals surface area (Å²) in [5.74, 6) is 0.127. The summed E-state index contributed by atoms with van der Waals surface area (Å²) < 4.78 is 0. The first kappa shape index (κ1) is 18.3. The Bertz CT molecular complexity index is 264. The van der Waals surface area contributed by atoms with Gasteiger partial charge in [-0.1, -0.05) is 57.9 Å². The Labute approximate surface area is 107 Å². The Kier molecular flexibility index (Phi) is 12.3. The van der Waals surface area contributed by atoms with Gasteiger partial charge in [0.2, 0.25) is 5.91 Å². The lowest BCUT2D eigenvalue weighted by molar-refractivity contribution is -0.121. The quantitative estimate of drug-likeness (QED) is 0.767. The molecule has 1 amide bonds. The highest BCUT2D eigenvalue weighted by Crippen LogP contribution is 2.17. The summed E-state index contributed by atoms with van der Waals surface area (Å²) in [6, 6.07) is 0.205. The third-order valence-electron chi connectivity index (χ3n) is 2.42. The van der Waals surface area contributed by atoms with Crippen molar-refractivity contribution >= 4 is 5.91 Å². The van der Waals surface area contributed by atoms with Crippen molar-refractivity contribution in [1.29, 1.82) is 0 Å². The van der Waals surface area contributed by atoms with Crippen LogP contribution in [0, 0.1) is 0 Å². The average molecular weight is 239 g/mol. The van der Waals surface area contributed by atoms with Crippen LogP contribution in [-0.2, 0) is 4.79 Å². The molecule has 0 aromatic carbocycles. The van der Waals surface area contributed by atoms with Crippen molar-refractivity contribution in [2.45, 2.75) is 67.3 Å². The topological polar surface area (TPSA) is 29.1 Å². The van der Waals surface area contributed by atoms with Crippen molar-refractivity contribution < 1.29 is 4.79 Å². The molecule has 0 aromatic rings. The summed E-state index contributed by atoms with van der Waals surface area (Å²) in [7, 11) is 0. The second-order valence-electron chi connectivity index (χ2n) is 3.50. The van der Waals surface area contributed by atoms with Gasteiger partial charge in [-0.2, -0.15) is 0 Å². The van der Waals surface area contributed by atoms with Crippen LogP contribution in [-0.4, -0.2) is 11.9 Å². The van der Waals surface area contributed by atoms with Gasteiger partial charge in [-0.05, 0) is 20.3 Å². The minimum absolute atomic E-state index is 0.127. The first-order valence-electron chi connectivity index (χ1n) is 6.78. The third-order valence-corrected chi connectivity index (χ3v) is 2.42. The second-order valence-corrected chi connectivity index (χ2v) is 3.50. The number of allylic oxidation sites excluding steroid dienone is 2. The van der Waals surface area contributed by atoms with Crippen LogP contribution in [0.25, 0.3) is 0 Å². The van der Waals surface area contributed by atoms with E-state index >= 15 is 0 Å². The summed E-state index contributed by atoms with van der Waals surface area (Å²) in [5.41, 5.74) is 2.59. The van der Waals surface area contributed by atoms with Gasteiger partial charge in [-0.3, -0.25) is 4.79 Å². The van der Waals surface area contributed by atoms with Crippen LogP contribution in [0.2, 0.25) is 0 Å². The number of carbonyl (C=O) groups excluding carboxylic acids is 1. The molecule has 2 heteroatoms. The van der Waals surface area contributed by atoms with Gasteiger partial charge in [0.05, 0.1) is 6.04 Å². The zero-order chi connectivity index (χ0) is 13.8. The molecule has 0 saturated heterocycles. The number of rotatable bonds is 2. The van der Waals surface area contributed by atoms with E-state index in [1.54, 1.807) is 0 Å².